The van der Waals surface area contributed by atoms with Crippen molar-refractivity contribution in [1.82, 2.24) is 19.8 Å². The number of thiophene rings is 1. The second-order valence-corrected chi connectivity index (χ2v) is 7.31. The zero-order chi connectivity index (χ0) is 15.5. The minimum atomic E-state index is -0.0491. The van der Waals surface area contributed by atoms with Crippen LogP contribution in [0.5, 0.6) is 0 Å². The fraction of sp³-hybridized carbons (Fsp3) is 0.533. The first-order valence-corrected chi connectivity index (χ1v) is 9.23. The Labute approximate surface area is 138 Å². The van der Waals surface area contributed by atoms with Crippen LogP contribution < -0.4 is 5.32 Å². The number of hydrogen-bond acceptors (Lipinski definition) is 6. The molecule has 22 heavy (non-hydrogen) atoms. The van der Waals surface area contributed by atoms with Crippen LogP contribution in [-0.2, 0) is 19.4 Å². The number of nitrogens with one attached hydrogen (secondary N) is 1. The highest BCUT2D eigenvalue weighted by molar-refractivity contribution is 7.10. The molecule has 1 N–H and O–H groups in total. The summed E-state index contributed by atoms with van der Waals surface area (Å²) >= 11 is 3.03. The number of hydrogen-bond donors (Lipinski definition) is 1. The van der Waals surface area contributed by atoms with E-state index in [1.807, 2.05) is 18.3 Å². The van der Waals surface area contributed by atoms with E-state index < -0.39 is 0 Å². The van der Waals surface area contributed by atoms with E-state index in [2.05, 4.69) is 38.2 Å². The number of rotatable bonds is 5. The SMILES string of the molecule is CCc1nnsc1C(=O)NC[C@H](C)N1CCc2sccc2C1. The Morgan fingerprint density at radius 2 is 2.41 bits per heavy atom. The van der Waals surface area contributed by atoms with Gasteiger partial charge in [-0.2, -0.15) is 0 Å². The zero-order valence-electron chi connectivity index (χ0n) is 12.8. The third kappa shape index (κ3) is 3.21. The van der Waals surface area contributed by atoms with Gasteiger partial charge in [-0.3, -0.25) is 9.69 Å². The molecule has 1 atom stereocenters. The molecule has 0 fully saturated rings. The molecule has 7 heteroatoms. The van der Waals surface area contributed by atoms with Crippen LogP contribution in [0.4, 0.5) is 0 Å². The first kappa shape index (κ1) is 15.6. The summed E-state index contributed by atoms with van der Waals surface area (Å²) in [5, 5.41) is 9.19. The Hall–Kier alpha value is -1.31. The smallest absolute Gasteiger partial charge is 0.265 e. The van der Waals surface area contributed by atoms with Gasteiger partial charge >= 0.3 is 0 Å². The largest absolute Gasteiger partial charge is 0.350 e. The Morgan fingerprint density at radius 3 is 3.23 bits per heavy atom. The Kier molecular flexibility index (Phi) is 4.85. The van der Waals surface area contributed by atoms with E-state index in [-0.39, 0.29) is 5.91 Å². The lowest BCUT2D eigenvalue weighted by atomic mass is 10.1. The number of carbonyl (C=O) groups is 1. The van der Waals surface area contributed by atoms with E-state index in [0.29, 0.717) is 17.5 Å². The van der Waals surface area contributed by atoms with Crippen LogP contribution in [0.3, 0.4) is 0 Å². The maximum atomic E-state index is 12.2. The Balaban J connectivity index is 1.54. The highest BCUT2D eigenvalue weighted by atomic mass is 32.1. The Morgan fingerprint density at radius 1 is 1.55 bits per heavy atom. The average Bonchev–Trinajstić information content (AvgIpc) is 3.19. The van der Waals surface area contributed by atoms with Crippen molar-refractivity contribution in [3.05, 3.63) is 32.5 Å². The van der Waals surface area contributed by atoms with Crippen LogP contribution >= 0.6 is 22.9 Å². The second-order valence-electron chi connectivity index (χ2n) is 5.55. The molecule has 0 saturated heterocycles. The molecule has 0 unspecified atom stereocenters. The lowest BCUT2D eigenvalue weighted by molar-refractivity contribution is 0.0935. The number of fused-ring (bicyclic) bond motifs is 1. The molecule has 1 aliphatic rings. The predicted octanol–water partition coefficient (Wildman–Crippen LogP) is 2.34. The van der Waals surface area contributed by atoms with Gasteiger partial charge in [0.1, 0.15) is 4.88 Å². The standard InChI is InChI=1S/C15H20N4OS2/c1-3-12-14(22-18-17-12)15(20)16-8-10(2)19-6-4-13-11(9-19)5-7-21-13/h5,7,10H,3-4,6,8-9H2,1-2H3,(H,16,20)/t10-/m0/s1. The van der Waals surface area contributed by atoms with E-state index in [4.69, 9.17) is 0 Å². The van der Waals surface area contributed by atoms with Crippen LogP contribution in [0, 0.1) is 0 Å². The van der Waals surface area contributed by atoms with Gasteiger partial charge in [-0.05, 0) is 48.3 Å². The summed E-state index contributed by atoms with van der Waals surface area (Å²) < 4.78 is 3.87. The number of carbonyl (C=O) groups excluding carboxylic acids is 1. The number of amides is 1. The van der Waals surface area contributed by atoms with Gasteiger partial charge < -0.3 is 5.32 Å². The average molecular weight is 336 g/mol. The Bertz CT molecular complexity index is 652. The van der Waals surface area contributed by atoms with Crippen molar-refractivity contribution in [3.8, 4) is 0 Å². The molecule has 3 rings (SSSR count). The summed E-state index contributed by atoms with van der Waals surface area (Å²) in [6.07, 6.45) is 1.85. The minimum Gasteiger partial charge on any atom is -0.350 e. The molecule has 0 saturated carbocycles. The van der Waals surface area contributed by atoms with Gasteiger partial charge in [0.25, 0.3) is 5.91 Å². The minimum absolute atomic E-state index is 0.0491. The molecule has 1 aliphatic heterocycles. The van der Waals surface area contributed by atoms with Crippen molar-refractivity contribution in [3.63, 3.8) is 0 Å². The molecule has 1 amide bonds. The van der Waals surface area contributed by atoms with Gasteiger partial charge in [0.05, 0.1) is 5.69 Å². The monoisotopic (exact) mass is 336 g/mol. The van der Waals surface area contributed by atoms with Crippen LogP contribution in [-0.4, -0.2) is 39.5 Å². The number of aromatic nitrogens is 2. The van der Waals surface area contributed by atoms with Crippen LogP contribution in [0.15, 0.2) is 11.4 Å². The van der Waals surface area contributed by atoms with Gasteiger partial charge in [-0.15, -0.1) is 16.4 Å². The molecule has 0 bridgehead atoms. The first-order valence-electron chi connectivity index (χ1n) is 7.57. The second kappa shape index (κ2) is 6.85. The summed E-state index contributed by atoms with van der Waals surface area (Å²) in [4.78, 5) is 16.8. The van der Waals surface area contributed by atoms with Gasteiger partial charge in [0.2, 0.25) is 0 Å². The quantitative estimate of drug-likeness (QED) is 0.910. The van der Waals surface area contributed by atoms with E-state index in [0.717, 1.165) is 31.6 Å². The highest BCUT2D eigenvalue weighted by Gasteiger charge is 2.22. The van der Waals surface area contributed by atoms with Crippen molar-refractivity contribution in [1.29, 1.82) is 0 Å². The van der Waals surface area contributed by atoms with Gasteiger partial charge in [0.15, 0.2) is 0 Å². The maximum absolute atomic E-state index is 12.2. The maximum Gasteiger partial charge on any atom is 0.265 e. The van der Waals surface area contributed by atoms with Crippen LogP contribution in [0.1, 0.15) is 39.7 Å². The molecule has 2 aromatic rings. The lowest BCUT2D eigenvalue weighted by Crippen LogP contribution is -2.44. The van der Waals surface area contributed by atoms with Crippen molar-refractivity contribution in [2.45, 2.75) is 39.3 Å². The lowest BCUT2D eigenvalue weighted by Gasteiger charge is -2.32. The molecular weight excluding hydrogens is 316 g/mol. The summed E-state index contributed by atoms with van der Waals surface area (Å²) in [6, 6.07) is 2.54. The number of aryl methyl sites for hydroxylation is 1. The summed E-state index contributed by atoms with van der Waals surface area (Å²) in [6.45, 7) is 6.86. The van der Waals surface area contributed by atoms with Crippen LogP contribution in [0.25, 0.3) is 0 Å². The van der Waals surface area contributed by atoms with E-state index in [1.54, 1.807) is 0 Å². The topological polar surface area (TPSA) is 58.1 Å². The molecule has 5 nitrogen and oxygen atoms in total. The molecule has 3 heterocycles. The molecule has 0 aromatic carbocycles. The van der Waals surface area contributed by atoms with Crippen molar-refractivity contribution < 1.29 is 4.79 Å². The zero-order valence-corrected chi connectivity index (χ0v) is 14.5. The highest BCUT2D eigenvalue weighted by Crippen LogP contribution is 2.25. The third-order valence-corrected chi connectivity index (χ3v) is 5.91. The van der Waals surface area contributed by atoms with Crippen molar-refractivity contribution >= 4 is 28.8 Å². The van der Waals surface area contributed by atoms with E-state index in [9.17, 15) is 4.79 Å². The molecule has 0 spiro atoms. The summed E-state index contributed by atoms with van der Waals surface area (Å²) in [7, 11) is 0. The fourth-order valence-corrected chi connectivity index (χ4v) is 4.27. The van der Waals surface area contributed by atoms with Crippen molar-refractivity contribution in [2.75, 3.05) is 13.1 Å². The fourth-order valence-electron chi connectivity index (χ4n) is 2.71. The molecule has 2 aromatic heterocycles. The van der Waals surface area contributed by atoms with Gasteiger partial charge in [-0.1, -0.05) is 11.4 Å². The van der Waals surface area contributed by atoms with E-state index >= 15 is 0 Å². The van der Waals surface area contributed by atoms with E-state index in [1.165, 1.54) is 22.0 Å². The van der Waals surface area contributed by atoms with Crippen molar-refractivity contribution in [2.24, 2.45) is 0 Å². The summed E-state index contributed by atoms with van der Waals surface area (Å²) in [5.74, 6) is -0.0491. The normalized spacial score (nSPS) is 16.3. The molecular formula is C15H20N4OS2. The van der Waals surface area contributed by atoms with Gasteiger partial charge in [-0.25, -0.2) is 0 Å². The first-order chi connectivity index (χ1) is 10.7. The van der Waals surface area contributed by atoms with Gasteiger partial charge in [0, 0.05) is 30.6 Å². The molecule has 0 aliphatic carbocycles. The molecule has 118 valence electrons. The predicted molar refractivity (Wildman–Crippen MR) is 89.5 cm³/mol. The third-order valence-electron chi connectivity index (χ3n) is 4.12. The van der Waals surface area contributed by atoms with Crippen LogP contribution in [0.2, 0.25) is 0 Å². The number of nitrogens with zero attached hydrogens (tertiary/aromatic N) is 3. The molecule has 0 radical (unpaired) electrons. The summed E-state index contributed by atoms with van der Waals surface area (Å²) in [5.41, 5.74) is 2.23.